The first-order valence-corrected chi connectivity index (χ1v) is 6.50. The van der Waals surface area contributed by atoms with E-state index in [2.05, 4.69) is 9.97 Å². The number of rotatable bonds is 4. The average Bonchev–Trinajstić information content (AvgIpc) is 2.98. The molecule has 6 heteroatoms. The van der Waals surface area contributed by atoms with Crippen LogP contribution in [-0.4, -0.2) is 29.3 Å². The van der Waals surface area contributed by atoms with Gasteiger partial charge in [-0.3, -0.25) is 9.78 Å². The Balaban J connectivity index is 2.07. The number of hydrogen-bond donors (Lipinski definition) is 1. The third-order valence-electron chi connectivity index (χ3n) is 3.24. The monoisotopic (exact) mass is 296 g/mol. The van der Waals surface area contributed by atoms with Crippen LogP contribution < -0.4 is 9.47 Å². The number of aldehydes is 1. The van der Waals surface area contributed by atoms with Gasteiger partial charge in [-0.25, -0.2) is 4.79 Å². The quantitative estimate of drug-likeness (QED) is 0.454. The molecular weight excluding hydrogens is 284 g/mol. The number of methoxy groups -OCH3 is 1. The van der Waals surface area contributed by atoms with Gasteiger partial charge in [0.05, 0.1) is 12.6 Å². The molecule has 0 aliphatic carbocycles. The van der Waals surface area contributed by atoms with Crippen LogP contribution >= 0.6 is 0 Å². The van der Waals surface area contributed by atoms with Crippen LogP contribution in [0.4, 0.5) is 0 Å². The number of H-pyrrole nitrogens is 1. The molecule has 0 radical (unpaired) electrons. The van der Waals surface area contributed by atoms with Crippen LogP contribution in [0.2, 0.25) is 0 Å². The summed E-state index contributed by atoms with van der Waals surface area (Å²) in [5.74, 6) is 0.0288. The van der Waals surface area contributed by atoms with E-state index in [4.69, 9.17) is 9.47 Å². The molecule has 0 bridgehead atoms. The van der Waals surface area contributed by atoms with E-state index >= 15 is 0 Å². The molecule has 3 aromatic rings. The van der Waals surface area contributed by atoms with Crippen molar-refractivity contribution in [2.24, 2.45) is 0 Å². The Bertz CT molecular complexity index is 837. The highest BCUT2D eigenvalue weighted by atomic mass is 16.5. The first-order chi connectivity index (χ1) is 10.7. The van der Waals surface area contributed by atoms with Crippen LogP contribution in [0.5, 0.6) is 11.5 Å². The zero-order valence-corrected chi connectivity index (χ0v) is 11.7. The first-order valence-electron chi connectivity index (χ1n) is 6.50. The third kappa shape index (κ3) is 2.42. The smallest absolute Gasteiger partial charge is 0.376 e. The van der Waals surface area contributed by atoms with Crippen molar-refractivity contribution in [3.8, 4) is 22.6 Å². The minimum absolute atomic E-state index is 0.117. The molecule has 22 heavy (non-hydrogen) atoms. The summed E-state index contributed by atoms with van der Waals surface area (Å²) in [6, 6.07) is 9.42. The molecule has 0 aliphatic rings. The Morgan fingerprint density at radius 1 is 1.23 bits per heavy atom. The second-order valence-corrected chi connectivity index (χ2v) is 4.50. The maximum atomic E-state index is 11.1. The van der Waals surface area contributed by atoms with Gasteiger partial charge in [-0.1, -0.05) is 12.1 Å². The summed E-state index contributed by atoms with van der Waals surface area (Å²) in [7, 11) is 1.61. The molecule has 0 spiro atoms. The van der Waals surface area contributed by atoms with Crippen molar-refractivity contribution in [2.75, 3.05) is 7.11 Å². The maximum Gasteiger partial charge on any atom is 0.376 e. The van der Waals surface area contributed by atoms with Gasteiger partial charge >= 0.3 is 5.97 Å². The Hall–Kier alpha value is -3.15. The standard InChI is InChI=1S/C16H12N2O4/c1-21-11-4-2-10(3-5-11)12-6-7-17-16-13(8-18-15(12)16)22-14(20)9-19/h2-9,18H,1H3. The minimum atomic E-state index is -0.961. The Kier molecular flexibility index (Phi) is 3.57. The molecule has 110 valence electrons. The van der Waals surface area contributed by atoms with Gasteiger partial charge in [-0.15, -0.1) is 0 Å². The largest absolute Gasteiger partial charge is 0.497 e. The number of carbonyl (C=O) groups is 2. The van der Waals surface area contributed by atoms with Crippen molar-refractivity contribution in [1.29, 1.82) is 0 Å². The van der Waals surface area contributed by atoms with Crippen molar-refractivity contribution < 1.29 is 19.1 Å². The minimum Gasteiger partial charge on any atom is -0.497 e. The number of fused-ring (bicyclic) bond motifs is 1. The summed E-state index contributed by atoms with van der Waals surface area (Å²) < 4.78 is 10.1. The van der Waals surface area contributed by atoms with E-state index in [1.807, 2.05) is 30.3 Å². The predicted octanol–water partition coefficient (Wildman–Crippen LogP) is 2.34. The highest BCUT2D eigenvalue weighted by molar-refractivity contribution is 6.21. The van der Waals surface area contributed by atoms with E-state index in [1.165, 1.54) is 6.20 Å². The van der Waals surface area contributed by atoms with Gasteiger partial charge in [0.1, 0.15) is 11.3 Å². The highest BCUT2D eigenvalue weighted by Crippen LogP contribution is 2.32. The molecule has 3 rings (SSSR count). The molecular formula is C16H12N2O4. The summed E-state index contributed by atoms with van der Waals surface area (Å²) in [6.45, 7) is 0. The third-order valence-corrected chi connectivity index (χ3v) is 3.24. The fourth-order valence-corrected chi connectivity index (χ4v) is 2.22. The molecule has 0 atom stereocenters. The number of ether oxygens (including phenoxy) is 2. The fraction of sp³-hybridized carbons (Fsp3) is 0.0625. The van der Waals surface area contributed by atoms with Gasteiger partial charge in [0.25, 0.3) is 0 Å². The molecule has 1 N–H and O–H groups in total. The number of carbonyl (C=O) groups excluding carboxylic acids is 2. The maximum absolute atomic E-state index is 11.1. The lowest BCUT2D eigenvalue weighted by Gasteiger charge is -2.05. The Labute approximate surface area is 125 Å². The van der Waals surface area contributed by atoms with Crippen molar-refractivity contribution in [3.05, 3.63) is 42.7 Å². The summed E-state index contributed by atoms with van der Waals surface area (Å²) in [5, 5.41) is 0. The molecule has 0 amide bonds. The molecule has 1 aromatic carbocycles. The van der Waals surface area contributed by atoms with Gasteiger partial charge in [-0.05, 0) is 23.8 Å². The number of aromatic amines is 1. The number of esters is 1. The van der Waals surface area contributed by atoms with Crippen molar-refractivity contribution in [2.45, 2.75) is 0 Å². The summed E-state index contributed by atoms with van der Waals surface area (Å²) in [4.78, 5) is 28.7. The number of benzene rings is 1. The lowest BCUT2D eigenvalue weighted by Crippen LogP contribution is -2.08. The number of nitrogens with zero attached hydrogens (tertiary/aromatic N) is 1. The highest BCUT2D eigenvalue weighted by Gasteiger charge is 2.13. The van der Waals surface area contributed by atoms with E-state index in [9.17, 15) is 9.59 Å². The second kappa shape index (κ2) is 5.69. The van der Waals surface area contributed by atoms with E-state index in [1.54, 1.807) is 13.3 Å². The van der Waals surface area contributed by atoms with Gasteiger partial charge in [-0.2, -0.15) is 0 Å². The fourth-order valence-electron chi connectivity index (χ4n) is 2.22. The van der Waals surface area contributed by atoms with Crippen LogP contribution in [0.15, 0.2) is 42.7 Å². The molecule has 0 saturated heterocycles. The zero-order valence-electron chi connectivity index (χ0n) is 11.7. The van der Waals surface area contributed by atoms with E-state index in [-0.39, 0.29) is 12.0 Å². The van der Waals surface area contributed by atoms with Gasteiger partial charge < -0.3 is 14.5 Å². The molecule has 2 heterocycles. The van der Waals surface area contributed by atoms with Crippen LogP contribution in [0, 0.1) is 0 Å². The lowest BCUT2D eigenvalue weighted by molar-refractivity contribution is -0.141. The number of aromatic nitrogens is 2. The van der Waals surface area contributed by atoms with E-state index in [0.717, 1.165) is 22.4 Å². The average molecular weight is 296 g/mol. The number of nitrogens with one attached hydrogen (secondary N) is 1. The van der Waals surface area contributed by atoms with Gasteiger partial charge in [0.2, 0.25) is 6.29 Å². The predicted molar refractivity (Wildman–Crippen MR) is 79.8 cm³/mol. The van der Waals surface area contributed by atoms with Crippen molar-refractivity contribution in [3.63, 3.8) is 0 Å². The Morgan fingerprint density at radius 2 is 2.00 bits per heavy atom. The van der Waals surface area contributed by atoms with Crippen LogP contribution in [-0.2, 0) is 9.59 Å². The van der Waals surface area contributed by atoms with E-state index < -0.39 is 5.97 Å². The zero-order chi connectivity index (χ0) is 15.5. The summed E-state index contributed by atoms with van der Waals surface area (Å²) >= 11 is 0. The lowest BCUT2D eigenvalue weighted by atomic mass is 10.1. The van der Waals surface area contributed by atoms with Gasteiger partial charge in [0.15, 0.2) is 5.75 Å². The Morgan fingerprint density at radius 3 is 2.68 bits per heavy atom. The molecule has 6 nitrogen and oxygen atoms in total. The van der Waals surface area contributed by atoms with Gasteiger partial charge in [0, 0.05) is 18.0 Å². The van der Waals surface area contributed by atoms with Crippen molar-refractivity contribution in [1.82, 2.24) is 9.97 Å². The van der Waals surface area contributed by atoms with Crippen LogP contribution in [0.1, 0.15) is 0 Å². The van der Waals surface area contributed by atoms with Crippen LogP contribution in [0.3, 0.4) is 0 Å². The second-order valence-electron chi connectivity index (χ2n) is 4.50. The first kappa shape index (κ1) is 13.8. The normalized spacial score (nSPS) is 10.4. The molecule has 0 unspecified atom stereocenters. The van der Waals surface area contributed by atoms with Crippen molar-refractivity contribution >= 4 is 23.3 Å². The molecule has 2 aromatic heterocycles. The molecule has 0 saturated carbocycles. The summed E-state index contributed by atoms with van der Waals surface area (Å²) in [5.41, 5.74) is 3.08. The summed E-state index contributed by atoms with van der Waals surface area (Å²) in [6.07, 6.45) is 3.24. The topological polar surface area (TPSA) is 81.3 Å². The SMILES string of the molecule is COc1ccc(-c2ccnc3c(OC(=O)C=O)c[nH]c23)cc1. The molecule has 0 fully saturated rings. The molecule has 0 aliphatic heterocycles. The number of hydrogen-bond acceptors (Lipinski definition) is 5. The van der Waals surface area contributed by atoms with E-state index in [0.29, 0.717) is 5.52 Å². The number of pyridine rings is 1. The van der Waals surface area contributed by atoms with Crippen LogP contribution in [0.25, 0.3) is 22.2 Å².